The largest absolute Gasteiger partial charge is 0.349 e. The second kappa shape index (κ2) is 8.66. The SMILES string of the molecule is C[C@H]([C@H]1CC[C@H]2[C@@H]3CC[C@H]4C[C@H](NC(=O)c5cccnc5)CC[C@@]4(C)[C@@H]3CC[C@]12C)N(C)C. The number of pyridine rings is 1. The monoisotopic (exact) mass is 451 g/mol. The van der Waals surface area contributed by atoms with E-state index in [0.717, 1.165) is 42.4 Å². The third-order valence-electron chi connectivity index (χ3n) is 11.4. The molecule has 0 bridgehead atoms. The Morgan fingerprint density at radius 3 is 2.55 bits per heavy atom. The van der Waals surface area contributed by atoms with Gasteiger partial charge in [0.05, 0.1) is 5.56 Å². The van der Waals surface area contributed by atoms with Crippen LogP contribution in [0, 0.1) is 40.4 Å². The minimum absolute atomic E-state index is 0.0471. The molecule has 1 heterocycles. The van der Waals surface area contributed by atoms with Crippen LogP contribution in [-0.2, 0) is 0 Å². The van der Waals surface area contributed by atoms with E-state index in [0.29, 0.717) is 28.5 Å². The Labute approximate surface area is 201 Å². The maximum absolute atomic E-state index is 12.7. The molecule has 4 heteroatoms. The van der Waals surface area contributed by atoms with Gasteiger partial charge in [-0.1, -0.05) is 13.8 Å². The smallest absolute Gasteiger partial charge is 0.253 e. The summed E-state index contributed by atoms with van der Waals surface area (Å²) in [6, 6.07) is 4.71. The van der Waals surface area contributed by atoms with Crippen molar-refractivity contribution in [1.82, 2.24) is 15.2 Å². The minimum Gasteiger partial charge on any atom is -0.349 e. The molecule has 0 radical (unpaired) electrons. The summed E-state index contributed by atoms with van der Waals surface area (Å²) in [5.41, 5.74) is 1.68. The van der Waals surface area contributed by atoms with Crippen LogP contribution in [-0.4, -0.2) is 42.0 Å². The maximum atomic E-state index is 12.7. The lowest BCUT2D eigenvalue weighted by Gasteiger charge is -2.61. The molecule has 182 valence electrons. The van der Waals surface area contributed by atoms with Crippen molar-refractivity contribution in [3.63, 3.8) is 0 Å². The average Bonchev–Trinajstić information content (AvgIpc) is 3.16. The van der Waals surface area contributed by atoms with Gasteiger partial charge in [0, 0.05) is 24.5 Å². The highest BCUT2D eigenvalue weighted by molar-refractivity contribution is 5.94. The molecule has 5 rings (SSSR count). The number of amides is 1. The van der Waals surface area contributed by atoms with Crippen LogP contribution in [0.25, 0.3) is 0 Å². The summed E-state index contributed by atoms with van der Waals surface area (Å²) < 4.78 is 0. The number of fused-ring (bicyclic) bond motifs is 5. The lowest BCUT2D eigenvalue weighted by molar-refractivity contribution is -0.117. The molecule has 0 unspecified atom stereocenters. The molecule has 4 aliphatic carbocycles. The molecule has 1 amide bonds. The molecule has 1 N–H and O–H groups in total. The molecule has 4 nitrogen and oxygen atoms in total. The van der Waals surface area contributed by atoms with Crippen molar-refractivity contribution in [2.24, 2.45) is 40.4 Å². The average molecular weight is 452 g/mol. The summed E-state index contributed by atoms with van der Waals surface area (Å²) in [7, 11) is 4.54. The number of carbonyl (C=O) groups excluding carboxylic acids is 1. The fraction of sp³-hybridized carbons (Fsp3) is 0.793. The van der Waals surface area contributed by atoms with Gasteiger partial charge in [0.2, 0.25) is 0 Å². The van der Waals surface area contributed by atoms with Crippen LogP contribution in [0.4, 0.5) is 0 Å². The van der Waals surface area contributed by atoms with E-state index in [1.807, 2.05) is 12.1 Å². The minimum atomic E-state index is 0.0471. The number of nitrogens with zero attached hydrogens (tertiary/aromatic N) is 2. The van der Waals surface area contributed by atoms with E-state index in [9.17, 15) is 4.79 Å². The van der Waals surface area contributed by atoms with Gasteiger partial charge in [0.1, 0.15) is 0 Å². The molecule has 4 fully saturated rings. The standard InChI is InChI=1S/C29H45N3O/c1-19(32(4)5)24-10-11-25-23-9-8-21-17-22(31-27(33)20-7-6-16-30-18-20)12-14-28(21,2)26(23)13-15-29(24,25)3/h6-7,16,18-19,21-26H,8-15,17H2,1-5H3,(H,31,33)/t19-,21+,22-,23+,24-,25+,26-,28-,29-/m1/s1. The van der Waals surface area contributed by atoms with Crippen molar-refractivity contribution in [1.29, 1.82) is 0 Å². The van der Waals surface area contributed by atoms with Crippen molar-refractivity contribution < 1.29 is 4.79 Å². The summed E-state index contributed by atoms with van der Waals surface area (Å²) in [6.07, 6.45) is 15.5. The normalized spacial score (nSPS) is 43.3. The Hall–Kier alpha value is -1.42. The van der Waals surface area contributed by atoms with E-state index in [2.05, 4.69) is 50.1 Å². The Bertz CT molecular complexity index is 856. The first kappa shape index (κ1) is 23.3. The van der Waals surface area contributed by atoms with Gasteiger partial charge >= 0.3 is 0 Å². The molecule has 33 heavy (non-hydrogen) atoms. The lowest BCUT2D eigenvalue weighted by Crippen LogP contribution is -2.56. The van der Waals surface area contributed by atoms with Gasteiger partial charge in [-0.05, 0) is 131 Å². The first-order chi connectivity index (χ1) is 15.7. The maximum Gasteiger partial charge on any atom is 0.253 e. The van der Waals surface area contributed by atoms with Gasteiger partial charge in [0.25, 0.3) is 5.91 Å². The van der Waals surface area contributed by atoms with Gasteiger partial charge in [-0.3, -0.25) is 9.78 Å². The highest BCUT2D eigenvalue weighted by Crippen LogP contribution is 2.67. The molecule has 0 spiro atoms. The molecule has 0 aromatic carbocycles. The molecule has 0 saturated heterocycles. The molecule has 4 aliphatic rings. The summed E-state index contributed by atoms with van der Waals surface area (Å²) in [6.45, 7) is 7.75. The fourth-order valence-corrected chi connectivity index (χ4v) is 9.35. The highest BCUT2D eigenvalue weighted by atomic mass is 16.1. The molecule has 0 aliphatic heterocycles. The van der Waals surface area contributed by atoms with Crippen molar-refractivity contribution in [2.75, 3.05) is 14.1 Å². The van der Waals surface area contributed by atoms with Crippen LogP contribution in [0.15, 0.2) is 24.5 Å². The van der Waals surface area contributed by atoms with E-state index in [-0.39, 0.29) is 5.91 Å². The van der Waals surface area contributed by atoms with Crippen molar-refractivity contribution in [3.05, 3.63) is 30.1 Å². The number of nitrogens with one attached hydrogen (secondary N) is 1. The summed E-state index contributed by atoms with van der Waals surface area (Å²) in [4.78, 5) is 19.3. The van der Waals surface area contributed by atoms with Gasteiger partial charge in [0.15, 0.2) is 0 Å². The molecule has 1 aromatic rings. The predicted octanol–water partition coefficient (Wildman–Crippen LogP) is 5.79. The topological polar surface area (TPSA) is 45.2 Å². The van der Waals surface area contributed by atoms with Crippen molar-refractivity contribution in [2.45, 2.75) is 90.6 Å². The van der Waals surface area contributed by atoms with E-state index >= 15 is 0 Å². The Morgan fingerprint density at radius 1 is 1.06 bits per heavy atom. The Kier molecular flexibility index (Phi) is 6.12. The quantitative estimate of drug-likeness (QED) is 0.630. The van der Waals surface area contributed by atoms with Crippen molar-refractivity contribution in [3.8, 4) is 0 Å². The first-order valence-electron chi connectivity index (χ1n) is 13.6. The number of hydrogen-bond donors (Lipinski definition) is 1. The zero-order chi connectivity index (χ0) is 23.4. The van der Waals surface area contributed by atoms with Crippen LogP contribution >= 0.6 is 0 Å². The van der Waals surface area contributed by atoms with Gasteiger partial charge in [-0.25, -0.2) is 0 Å². The van der Waals surface area contributed by atoms with Crippen LogP contribution < -0.4 is 5.32 Å². The van der Waals surface area contributed by atoms with Gasteiger partial charge in [-0.2, -0.15) is 0 Å². The fourth-order valence-electron chi connectivity index (χ4n) is 9.35. The van der Waals surface area contributed by atoms with Crippen LogP contribution in [0.3, 0.4) is 0 Å². The van der Waals surface area contributed by atoms with Crippen LogP contribution in [0.2, 0.25) is 0 Å². The first-order valence-corrected chi connectivity index (χ1v) is 13.6. The highest BCUT2D eigenvalue weighted by Gasteiger charge is 2.60. The zero-order valence-electron chi connectivity index (χ0n) is 21.5. The summed E-state index contributed by atoms with van der Waals surface area (Å²) >= 11 is 0. The number of rotatable bonds is 4. The number of hydrogen-bond acceptors (Lipinski definition) is 3. The molecular weight excluding hydrogens is 406 g/mol. The van der Waals surface area contributed by atoms with Gasteiger partial charge in [-0.15, -0.1) is 0 Å². The second-order valence-corrected chi connectivity index (χ2v) is 12.8. The Morgan fingerprint density at radius 2 is 1.82 bits per heavy atom. The van der Waals surface area contributed by atoms with E-state index in [4.69, 9.17) is 0 Å². The van der Waals surface area contributed by atoms with Crippen molar-refractivity contribution >= 4 is 5.91 Å². The summed E-state index contributed by atoms with van der Waals surface area (Å²) in [5.74, 6) is 4.38. The third-order valence-corrected chi connectivity index (χ3v) is 11.4. The molecular formula is C29H45N3O. The number of carbonyl (C=O) groups is 1. The molecule has 9 atom stereocenters. The summed E-state index contributed by atoms with van der Waals surface area (Å²) in [5, 5.41) is 3.35. The molecule has 4 saturated carbocycles. The van der Waals surface area contributed by atoms with Crippen LogP contribution in [0.1, 0.15) is 88.9 Å². The zero-order valence-corrected chi connectivity index (χ0v) is 21.5. The van der Waals surface area contributed by atoms with E-state index in [1.54, 1.807) is 12.4 Å². The van der Waals surface area contributed by atoms with Crippen LogP contribution in [0.5, 0.6) is 0 Å². The third kappa shape index (κ3) is 3.85. The Balaban J connectivity index is 1.27. The lowest BCUT2D eigenvalue weighted by atomic mass is 9.44. The predicted molar refractivity (Wildman–Crippen MR) is 134 cm³/mol. The second-order valence-electron chi connectivity index (χ2n) is 12.8. The molecule has 1 aromatic heterocycles. The van der Waals surface area contributed by atoms with Gasteiger partial charge < -0.3 is 10.2 Å². The van der Waals surface area contributed by atoms with E-state index < -0.39 is 0 Å². The van der Waals surface area contributed by atoms with E-state index in [1.165, 1.54) is 44.9 Å². The number of aromatic nitrogens is 1.